The van der Waals surface area contributed by atoms with Crippen LogP contribution in [0.25, 0.3) is 0 Å². The highest BCUT2D eigenvalue weighted by Crippen LogP contribution is 2.29. The third-order valence-electron chi connectivity index (χ3n) is 4.00. The minimum absolute atomic E-state index is 0.172. The lowest BCUT2D eigenvalue weighted by atomic mass is 10.2. The molecule has 9 heteroatoms. The van der Waals surface area contributed by atoms with Crippen LogP contribution < -0.4 is 10.1 Å². The molecule has 0 saturated heterocycles. The second-order valence-corrected chi connectivity index (χ2v) is 7.47. The first kappa shape index (κ1) is 20.7. The van der Waals surface area contributed by atoms with Crippen LogP contribution in [0.4, 0.5) is 5.69 Å². The van der Waals surface area contributed by atoms with E-state index in [-0.39, 0.29) is 17.8 Å². The van der Waals surface area contributed by atoms with E-state index in [9.17, 15) is 4.79 Å². The molecule has 0 aliphatic heterocycles. The van der Waals surface area contributed by atoms with E-state index >= 15 is 0 Å². The normalized spacial score (nSPS) is 11.5. The Morgan fingerprint density at radius 3 is 2.69 bits per heavy atom. The monoisotopic (exact) mass is 427 g/mol. The molecule has 29 heavy (non-hydrogen) atoms. The van der Waals surface area contributed by atoms with Crippen LogP contribution in [0.3, 0.4) is 0 Å². The maximum absolute atomic E-state index is 12.2. The third-order valence-corrected chi connectivity index (χ3v) is 5.34. The standard InChI is InChI=1S/C20H18ClN5O2S/c1-13(28-17-6-4-3-5-16(17)21)19-24-25-20(26(19)2)29-12-18(27)23-15-9-7-14(11-22)8-10-15/h3-10,13H,12H2,1-2H3,(H,23,27). The molecule has 0 aliphatic rings. The molecule has 0 bridgehead atoms. The Morgan fingerprint density at radius 2 is 2.00 bits per heavy atom. The summed E-state index contributed by atoms with van der Waals surface area (Å²) in [7, 11) is 1.82. The van der Waals surface area contributed by atoms with Crippen LogP contribution >= 0.6 is 23.4 Å². The Morgan fingerprint density at radius 1 is 1.28 bits per heavy atom. The van der Waals surface area contributed by atoms with Gasteiger partial charge in [0, 0.05) is 12.7 Å². The zero-order valence-electron chi connectivity index (χ0n) is 15.8. The summed E-state index contributed by atoms with van der Waals surface area (Å²) in [4.78, 5) is 12.2. The summed E-state index contributed by atoms with van der Waals surface area (Å²) >= 11 is 7.41. The van der Waals surface area contributed by atoms with Crippen molar-refractivity contribution in [2.45, 2.75) is 18.2 Å². The summed E-state index contributed by atoms with van der Waals surface area (Å²) < 4.78 is 7.67. The SMILES string of the molecule is CC(Oc1ccccc1Cl)c1nnc(SCC(=O)Nc2ccc(C#N)cc2)n1C. The van der Waals surface area contributed by atoms with E-state index < -0.39 is 0 Å². The molecule has 0 aliphatic carbocycles. The van der Waals surface area contributed by atoms with Crippen LogP contribution in [-0.4, -0.2) is 26.4 Å². The average Bonchev–Trinajstić information content (AvgIpc) is 3.09. The van der Waals surface area contributed by atoms with Gasteiger partial charge in [0.05, 0.1) is 22.4 Å². The summed E-state index contributed by atoms with van der Waals surface area (Å²) in [6.45, 7) is 1.86. The minimum atomic E-state index is -0.366. The van der Waals surface area contributed by atoms with Gasteiger partial charge in [0.25, 0.3) is 0 Å². The number of hydrogen-bond donors (Lipinski definition) is 1. The van der Waals surface area contributed by atoms with E-state index in [0.29, 0.717) is 33.0 Å². The molecule has 0 saturated carbocycles. The van der Waals surface area contributed by atoms with Crippen molar-refractivity contribution in [3.8, 4) is 11.8 Å². The molecular formula is C20H18ClN5O2S. The molecule has 2 aromatic carbocycles. The second-order valence-electron chi connectivity index (χ2n) is 6.12. The first-order valence-corrected chi connectivity index (χ1v) is 10.1. The number of nitriles is 1. The van der Waals surface area contributed by atoms with E-state index in [1.54, 1.807) is 41.0 Å². The number of amides is 1. The van der Waals surface area contributed by atoms with Gasteiger partial charge < -0.3 is 14.6 Å². The third kappa shape index (κ3) is 5.28. The number of carbonyl (C=O) groups excluding carboxylic acids is 1. The van der Waals surface area contributed by atoms with Gasteiger partial charge in [-0.3, -0.25) is 4.79 Å². The molecule has 3 aromatic rings. The Balaban J connectivity index is 1.58. The number of rotatable bonds is 7. The van der Waals surface area contributed by atoms with Crippen molar-refractivity contribution < 1.29 is 9.53 Å². The van der Waals surface area contributed by atoms with Crippen molar-refractivity contribution in [3.63, 3.8) is 0 Å². The Kier molecular flexibility index (Phi) is 6.75. The van der Waals surface area contributed by atoms with Crippen LogP contribution in [0.1, 0.15) is 24.4 Å². The zero-order valence-corrected chi connectivity index (χ0v) is 17.4. The molecule has 1 atom stereocenters. The van der Waals surface area contributed by atoms with Gasteiger partial charge in [-0.15, -0.1) is 10.2 Å². The largest absolute Gasteiger partial charge is 0.481 e. The van der Waals surface area contributed by atoms with E-state index in [2.05, 4.69) is 15.5 Å². The van der Waals surface area contributed by atoms with Crippen molar-refractivity contribution >= 4 is 35.0 Å². The number of nitrogens with one attached hydrogen (secondary N) is 1. The Labute approximate surface area is 177 Å². The highest BCUT2D eigenvalue weighted by atomic mass is 35.5. The highest BCUT2D eigenvalue weighted by molar-refractivity contribution is 7.99. The lowest BCUT2D eigenvalue weighted by Gasteiger charge is -2.15. The predicted octanol–water partition coefficient (Wildman–Crippen LogP) is 4.21. The summed E-state index contributed by atoms with van der Waals surface area (Å²) in [6, 6.07) is 15.9. The Bertz CT molecular complexity index is 1050. The number of benzene rings is 2. The first-order valence-electron chi connectivity index (χ1n) is 8.71. The molecule has 3 rings (SSSR count). The molecule has 0 radical (unpaired) electrons. The van der Waals surface area contributed by atoms with Gasteiger partial charge in [0.1, 0.15) is 5.75 Å². The summed E-state index contributed by atoms with van der Waals surface area (Å²) in [6.07, 6.45) is -0.366. The molecule has 1 unspecified atom stereocenters. The van der Waals surface area contributed by atoms with Gasteiger partial charge >= 0.3 is 0 Å². The molecule has 1 aromatic heterocycles. The van der Waals surface area contributed by atoms with Gasteiger partial charge in [-0.05, 0) is 43.3 Å². The molecular weight excluding hydrogens is 410 g/mol. The van der Waals surface area contributed by atoms with Crippen molar-refractivity contribution in [2.24, 2.45) is 7.05 Å². The molecule has 1 heterocycles. The zero-order chi connectivity index (χ0) is 20.8. The van der Waals surface area contributed by atoms with Crippen LogP contribution in [0.15, 0.2) is 53.7 Å². The van der Waals surface area contributed by atoms with Crippen molar-refractivity contribution in [2.75, 3.05) is 11.1 Å². The maximum Gasteiger partial charge on any atom is 0.234 e. The first-order chi connectivity index (χ1) is 14.0. The molecule has 0 spiro atoms. The number of halogens is 1. The van der Waals surface area contributed by atoms with Gasteiger partial charge in [-0.2, -0.15) is 5.26 Å². The van der Waals surface area contributed by atoms with Crippen molar-refractivity contribution in [1.29, 1.82) is 5.26 Å². The van der Waals surface area contributed by atoms with E-state index in [0.717, 1.165) is 0 Å². The predicted molar refractivity (Wildman–Crippen MR) is 112 cm³/mol. The fraction of sp³-hybridized carbons (Fsp3) is 0.200. The van der Waals surface area contributed by atoms with Crippen molar-refractivity contribution in [1.82, 2.24) is 14.8 Å². The van der Waals surface area contributed by atoms with Gasteiger partial charge in [-0.1, -0.05) is 35.5 Å². The fourth-order valence-corrected chi connectivity index (χ4v) is 3.44. The second kappa shape index (κ2) is 9.45. The van der Waals surface area contributed by atoms with Crippen LogP contribution in [0.5, 0.6) is 5.75 Å². The number of thioether (sulfide) groups is 1. The molecule has 1 N–H and O–H groups in total. The average molecular weight is 428 g/mol. The highest BCUT2D eigenvalue weighted by Gasteiger charge is 2.19. The summed E-state index contributed by atoms with van der Waals surface area (Å²) in [5.74, 6) is 1.19. The molecule has 0 fully saturated rings. The van der Waals surface area contributed by atoms with Gasteiger partial charge in [0.2, 0.25) is 5.91 Å². The van der Waals surface area contributed by atoms with E-state index in [1.165, 1.54) is 11.8 Å². The quantitative estimate of drug-likeness (QED) is 0.567. The number of nitrogens with zero attached hydrogens (tertiary/aromatic N) is 4. The van der Waals surface area contributed by atoms with Crippen LogP contribution in [0, 0.1) is 11.3 Å². The number of ether oxygens (including phenoxy) is 1. The van der Waals surface area contributed by atoms with Gasteiger partial charge in [-0.25, -0.2) is 0 Å². The number of para-hydroxylation sites is 1. The van der Waals surface area contributed by atoms with Crippen LogP contribution in [-0.2, 0) is 11.8 Å². The number of hydrogen-bond acceptors (Lipinski definition) is 6. The van der Waals surface area contributed by atoms with Gasteiger partial charge in [0.15, 0.2) is 17.1 Å². The molecule has 7 nitrogen and oxygen atoms in total. The summed E-state index contributed by atoms with van der Waals surface area (Å²) in [5, 5.41) is 21.1. The number of anilines is 1. The topological polar surface area (TPSA) is 92.8 Å². The fourth-order valence-electron chi connectivity index (χ4n) is 2.54. The lowest BCUT2D eigenvalue weighted by molar-refractivity contribution is -0.113. The number of carbonyl (C=O) groups is 1. The van der Waals surface area contributed by atoms with Crippen molar-refractivity contribution in [3.05, 3.63) is 64.9 Å². The lowest BCUT2D eigenvalue weighted by Crippen LogP contribution is -2.15. The number of aromatic nitrogens is 3. The van der Waals surface area contributed by atoms with Crippen LogP contribution in [0.2, 0.25) is 5.02 Å². The van der Waals surface area contributed by atoms with E-state index in [1.807, 2.05) is 32.2 Å². The molecule has 148 valence electrons. The minimum Gasteiger partial charge on any atom is -0.481 e. The van der Waals surface area contributed by atoms with E-state index in [4.69, 9.17) is 21.6 Å². The smallest absolute Gasteiger partial charge is 0.234 e. The Hall–Kier alpha value is -3.02. The summed E-state index contributed by atoms with van der Waals surface area (Å²) in [5.41, 5.74) is 1.17. The molecule has 1 amide bonds. The maximum atomic E-state index is 12.2.